The van der Waals surface area contributed by atoms with Crippen molar-refractivity contribution in [1.82, 2.24) is 9.97 Å². The summed E-state index contributed by atoms with van der Waals surface area (Å²) in [5.74, 6) is 1.54. The van der Waals surface area contributed by atoms with Gasteiger partial charge in [-0.3, -0.25) is 4.79 Å². The molecule has 3 aromatic rings. The average molecular weight is 353 g/mol. The summed E-state index contributed by atoms with van der Waals surface area (Å²) in [5, 5.41) is 2.77. The highest BCUT2D eigenvalue weighted by atomic mass is 16.5. The Balaban J connectivity index is 1.74. The van der Waals surface area contributed by atoms with E-state index in [2.05, 4.69) is 15.3 Å². The van der Waals surface area contributed by atoms with Crippen LogP contribution in [-0.2, 0) is 11.2 Å². The van der Waals surface area contributed by atoms with Crippen molar-refractivity contribution in [3.63, 3.8) is 0 Å². The molecule has 0 aliphatic carbocycles. The number of oxazole rings is 1. The monoisotopic (exact) mass is 353 g/mol. The first-order valence-corrected chi connectivity index (χ1v) is 8.01. The Labute approximate surface area is 151 Å². The molecule has 0 aliphatic heterocycles. The smallest absolute Gasteiger partial charge is 0.240 e. The third-order valence-electron chi connectivity index (χ3n) is 3.75. The van der Waals surface area contributed by atoms with E-state index in [4.69, 9.17) is 13.9 Å². The summed E-state index contributed by atoms with van der Waals surface area (Å²) in [7, 11) is 2.99. The minimum atomic E-state index is -0.244. The lowest BCUT2D eigenvalue weighted by Gasteiger charge is -2.10. The number of aryl methyl sites for hydroxylation is 1. The minimum absolute atomic E-state index is 0.0807. The second kappa shape index (κ2) is 7.69. The van der Waals surface area contributed by atoms with Gasteiger partial charge in [0, 0.05) is 11.6 Å². The van der Waals surface area contributed by atoms with Crippen molar-refractivity contribution >= 4 is 11.6 Å². The molecule has 0 spiro atoms. The van der Waals surface area contributed by atoms with Gasteiger partial charge in [0.05, 0.1) is 26.3 Å². The molecule has 0 saturated heterocycles. The molecule has 1 aromatic carbocycles. The number of carbonyl (C=O) groups is 1. The second-order valence-corrected chi connectivity index (χ2v) is 5.52. The topological polar surface area (TPSA) is 86.5 Å². The number of hydrogen-bond donors (Lipinski definition) is 1. The number of nitrogens with zero attached hydrogens (tertiary/aromatic N) is 2. The number of benzene rings is 1. The van der Waals surface area contributed by atoms with Gasteiger partial charge in [0.25, 0.3) is 0 Å². The van der Waals surface area contributed by atoms with Crippen LogP contribution in [-0.4, -0.2) is 30.1 Å². The van der Waals surface area contributed by atoms with Crippen LogP contribution in [0.4, 0.5) is 5.69 Å². The molecule has 1 amide bonds. The first-order valence-electron chi connectivity index (χ1n) is 8.01. The zero-order valence-electron chi connectivity index (χ0n) is 14.8. The fourth-order valence-corrected chi connectivity index (χ4v) is 2.43. The highest BCUT2D eigenvalue weighted by Gasteiger charge is 2.16. The van der Waals surface area contributed by atoms with Crippen LogP contribution < -0.4 is 14.8 Å². The van der Waals surface area contributed by atoms with Gasteiger partial charge in [-0.2, -0.15) is 4.98 Å². The SMILES string of the molecule is COc1ccc(NC(=O)Cc2nc(-c3ccccc3)oc2C)c(OC)n1. The number of nitrogens with one attached hydrogen (secondary N) is 1. The molecule has 7 heteroatoms. The van der Waals surface area contributed by atoms with Crippen LogP contribution in [0.15, 0.2) is 46.9 Å². The summed E-state index contributed by atoms with van der Waals surface area (Å²) >= 11 is 0. The van der Waals surface area contributed by atoms with E-state index in [9.17, 15) is 4.79 Å². The van der Waals surface area contributed by atoms with Crippen LogP contribution in [0.5, 0.6) is 11.8 Å². The van der Waals surface area contributed by atoms with Gasteiger partial charge in [0.15, 0.2) is 0 Å². The molecule has 0 fully saturated rings. The Hall–Kier alpha value is -3.35. The summed E-state index contributed by atoms with van der Waals surface area (Å²) in [6, 6.07) is 12.9. The molecule has 2 aromatic heterocycles. The molecule has 134 valence electrons. The zero-order chi connectivity index (χ0) is 18.5. The fraction of sp³-hybridized carbons (Fsp3) is 0.211. The molecule has 0 saturated carbocycles. The first-order chi connectivity index (χ1) is 12.6. The van der Waals surface area contributed by atoms with Crippen LogP contribution in [0.1, 0.15) is 11.5 Å². The molecular formula is C19H19N3O4. The average Bonchev–Trinajstić information content (AvgIpc) is 3.03. The molecule has 0 bridgehead atoms. The van der Waals surface area contributed by atoms with Crippen LogP contribution >= 0.6 is 0 Å². The molecule has 2 heterocycles. The molecule has 3 rings (SSSR count). The maximum atomic E-state index is 12.4. The van der Waals surface area contributed by atoms with Gasteiger partial charge < -0.3 is 19.2 Å². The van der Waals surface area contributed by atoms with Crippen molar-refractivity contribution < 1.29 is 18.7 Å². The largest absolute Gasteiger partial charge is 0.481 e. The number of methoxy groups -OCH3 is 2. The summed E-state index contributed by atoms with van der Waals surface area (Å²) in [4.78, 5) is 21.0. The molecule has 0 radical (unpaired) electrons. The number of ether oxygens (including phenoxy) is 2. The van der Waals surface area contributed by atoms with E-state index in [1.807, 2.05) is 30.3 Å². The van der Waals surface area contributed by atoms with Crippen LogP contribution in [0, 0.1) is 6.92 Å². The molecule has 0 atom stereocenters. The van der Waals surface area contributed by atoms with Gasteiger partial charge in [-0.15, -0.1) is 0 Å². The van der Waals surface area contributed by atoms with Crippen molar-refractivity contribution in [2.45, 2.75) is 13.3 Å². The quantitative estimate of drug-likeness (QED) is 0.732. The predicted octanol–water partition coefficient (Wildman–Crippen LogP) is 3.24. The first kappa shape index (κ1) is 17.5. The van der Waals surface area contributed by atoms with E-state index in [-0.39, 0.29) is 18.2 Å². The number of amides is 1. The van der Waals surface area contributed by atoms with E-state index >= 15 is 0 Å². The lowest BCUT2D eigenvalue weighted by molar-refractivity contribution is -0.115. The highest BCUT2D eigenvalue weighted by Crippen LogP contribution is 2.26. The van der Waals surface area contributed by atoms with Gasteiger partial charge in [-0.25, -0.2) is 4.98 Å². The number of hydrogen-bond acceptors (Lipinski definition) is 6. The Bertz CT molecular complexity index is 906. The summed E-state index contributed by atoms with van der Waals surface area (Å²) < 4.78 is 15.9. The maximum absolute atomic E-state index is 12.4. The second-order valence-electron chi connectivity index (χ2n) is 5.52. The van der Waals surface area contributed by atoms with E-state index in [0.717, 1.165) is 5.56 Å². The van der Waals surface area contributed by atoms with Crippen LogP contribution in [0.3, 0.4) is 0 Å². The van der Waals surface area contributed by atoms with E-state index in [1.165, 1.54) is 14.2 Å². The van der Waals surface area contributed by atoms with E-state index < -0.39 is 0 Å². The summed E-state index contributed by atoms with van der Waals surface area (Å²) in [5.41, 5.74) is 1.91. The van der Waals surface area contributed by atoms with E-state index in [1.54, 1.807) is 19.1 Å². The van der Waals surface area contributed by atoms with E-state index in [0.29, 0.717) is 28.9 Å². The number of anilines is 1. The van der Waals surface area contributed by atoms with Crippen molar-refractivity contribution in [2.24, 2.45) is 0 Å². The third kappa shape index (κ3) is 3.83. The highest BCUT2D eigenvalue weighted by molar-refractivity contribution is 5.93. The fourth-order valence-electron chi connectivity index (χ4n) is 2.43. The Morgan fingerprint density at radius 2 is 1.85 bits per heavy atom. The van der Waals surface area contributed by atoms with Crippen molar-refractivity contribution in [2.75, 3.05) is 19.5 Å². The Morgan fingerprint density at radius 3 is 2.54 bits per heavy atom. The van der Waals surface area contributed by atoms with Gasteiger partial charge in [-0.05, 0) is 25.1 Å². The van der Waals surface area contributed by atoms with Gasteiger partial charge >= 0.3 is 0 Å². The predicted molar refractivity (Wildman–Crippen MR) is 96.4 cm³/mol. The molecule has 0 unspecified atom stereocenters. The number of carbonyl (C=O) groups excluding carboxylic acids is 1. The Kier molecular flexibility index (Phi) is 5.17. The van der Waals surface area contributed by atoms with Crippen LogP contribution in [0.25, 0.3) is 11.5 Å². The summed E-state index contributed by atoms with van der Waals surface area (Å²) in [6.07, 6.45) is 0.0807. The van der Waals surface area contributed by atoms with Gasteiger partial charge in [-0.1, -0.05) is 18.2 Å². The third-order valence-corrected chi connectivity index (χ3v) is 3.75. The summed E-state index contributed by atoms with van der Waals surface area (Å²) in [6.45, 7) is 1.79. The van der Waals surface area contributed by atoms with Crippen LogP contribution in [0.2, 0.25) is 0 Å². The number of rotatable bonds is 6. The lowest BCUT2D eigenvalue weighted by Crippen LogP contribution is -2.16. The standard InChI is InChI=1S/C19H19N3O4/c1-12-15(21-18(26-12)13-7-5-4-6-8-13)11-16(23)20-14-9-10-17(24-2)22-19(14)25-3/h4-10H,11H2,1-3H3,(H,20,23). The lowest BCUT2D eigenvalue weighted by atomic mass is 10.2. The van der Waals surface area contributed by atoms with Crippen molar-refractivity contribution in [3.8, 4) is 23.2 Å². The maximum Gasteiger partial charge on any atom is 0.240 e. The molecule has 7 nitrogen and oxygen atoms in total. The van der Waals surface area contributed by atoms with Crippen molar-refractivity contribution in [1.29, 1.82) is 0 Å². The molecule has 0 aliphatic rings. The number of aromatic nitrogens is 2. The zero-order valence-corrected chi connectivity index (χ0v) is 14.8. The molecule has 1 N–H and O–H groups in total. The number of pyridine rings is 1. The Morgan fingerprint density at radius 1 is 1.08 bits per heavy atom. The van der Waals surface area contributed by atoms with Crippen molar-refractivity contribution in [3.05, 3.63) is 53.9 Å². The molecule has 26 heavy (non-hydrogen) atoms. The minimum Gasteiger partial charge on any atom is -0.481 e. The molecular weight excluding hydrogens is 334 g/mol. The normalized spacial score (nSPS) is 10.4. The van der Waals surface area contributed by atoms with Gasteiger partial charge in [0.1, 0.15) is 11.4 Å². The van der Waals surface area contributed by atoms with Gasteiger partial charge in [0.2, 0.25) is 23.6 Å².